The number of benzene rings is 2. The van der Waals surface area contributed by atoms with Gasteiger partial charge in [0, 0.05) is 17.7 Å². The summed E-state index contributed by atoms with van der Waals surface area (Å²) in [5, 5.41) is 6.04. The van der Waals surface area contributed by atoms with E-state index >= 15 is 0 Å². The second-order valence-electron chi connectivity index (χ2n) is 5.29. The molecule has 0 atom stereocenters. The Morgan fingerprint density at radius 1 is 1.16 bits per heavy atom. The molecule has 3 rings (SSSR count). The van der Waals surface area contributed by atoms with Crippen molar-refractivity contribution in [2.45, 2.75) is 13.3 Å². The highest BCUT2D eigenvalue weighted by Crippen LogP contribution is 2.29. The molecule has 3 aromatic rings. The van der Waals surface area contributed by atoms with Crippen LogP contribution in [0.1, 0.15) is 23.7 Å². The SMILES string of the molecule is CCC(=O)Nc1cccc(C(=O)Nc2nc3ccc(OC)cc3s2)c1. The molecule has 1 heterocycles. The third-order valence-corrected chi connectivity index (χ3v) is 4.48. The van der Waals surface area contributed by atoms with Crippen molar-refractivity contribution in [1.82, 2.24) is 4.98 Å². The van der Waals surface area contributed by atoms with E-state index in [9.17, 15) is 9.59 Å². The normalized spacial score (nSPS) is 10.5. The number of nitrogens with zero attached hydrogens (tertiary/aromatic N) is 1. The number of aromatic nitrogens is 1. The second-order valence-corrected chi connectivity index (χ2v) is 6.32. The predicted molar refractivity (Wildman–Crippen MR) is 99.5 cm³/mol. The Morgan fingerprint density at radius 3 is 2.76 bits per heavy atom. The molecule has 0 unspecified atom stereocenters. The number of fused-ring (bicyclic) bond motifs is 1. The first-order valence-electron chi connectivity index (χ1n) is 7.75. The smallest absolute Gasteiger partial charge is 0.257 e. The average Bonchev–Trinajstić information content (AvgIpc) is 3.02. The Kier molecular flexibility index (Phi) is 4.95. The van der Waals surface area contributed by atoms with Gasteiger partial charge in [-0.3, -0.25) is 14.9 Å². The van der Waals surface area contributed by atoms with Crippen molar-refractivity contribution in [1.29, 1.82) is 0 Å². The van der Waals surface area contributed by atoms with Crippen LogP contribution >= 0.6 is 11.3 Å². The molecule has 0 spiro atoms. The highest BCUT2D eigenvalue weighted by Gasteiger charge is 2.11. The molecule has 2 N–H and O–H groups in total. The van der Waals surface area contributed by atoms with Crippen molar-refractivity contribution in [3.8, 4) is 5.75 Å². The summed E-state index contributed by atoms with van der Waals surface area (Å²) in [5.74, 6) is 0.365. The fraction of sp³-hybridized carbons (Fsp3) is 0.167. The summed E-state index contributed by atoms with van der Waals surface area (Å²) in [4.78, 5) is 28.3. The zero-order chi connectivity index (χ0) is 17.8. The zero-order valence-electron chi connectivity index (χ0n) is 13.8. The van der Waals surface area contributed by atoms with Gasteiger partial charge in [-0.05, 0) is 36.4 Å². The predicted octanol–water partition coefficient (Wildman–Crippen LogP) is 3.91. The number of carbonyl (C=O) groups excluding carboxylic acids is 2. The summed E-state index contributed by atoms with van der Waals surface area (Å²) in [6.07, 6.45) is 0.381. The van der Waals surface area contributed by atoms with Crippen LogP contribution in [0.15, 0.2) is 42.5 Å². The number of amides is 2. The van der Waals surface area contributed by atoms with Crippen molar-refractivity contribution >= 4 is 44.2 Å². The molecule has 2 amide bonds. The molecule has 0 aliphatic carbocycles. The molecule has 0 saturated carbocycles. The largest absolute Gasteiger partial charge is 0.497 e. The van der Waals surface area contributed by atoms with E-state index < -0.39 is 0 Å². The highest BCUT2D eigenvalue weighted by atomic mass is 32.1. The van der Waals surface area contributed by atoms with E-state index in [1.54, 1.807) is 38.3 Å². The Labute approximate surface area is 148 Å². The van der Waals surface area contributed by atoms with Crippen molar-refractivity contribution in [2.75, 3.05) is 17.7 Å². The van der Waals surface area contributed by atoms with E-state index in [0.29, 0.717) is 22.8 Å². The van der Waals surface area contributed by atoms with E-state index in [0.717, 1.165) is 16.0 Å². The van der Waals surface area contributed by atoms with Gasteiger partial charge in [-0.25, -0.2) is 4.98 Å². The maximum absolute atomic E-state index is 12.4. The number of thiazole rings is 1. The molecule has 0 aliphatic heterocycles. The van der Waals surface area contributed by atoms with Gasteiger partial charge in [0.2, 0.25) is 5.91 Å². The number of rotatable bonds is 5. The lowest BCUT2D eigenvalue weighted by Crippen LogP contribution is -2.13. The van der Waals surface area contributed by atoms with E-state index in [1.165, 1.54) is 11.3 Å². The van der Waals surface area contributed by atoms with E-state index in [-0.39, 0.29) is 11.8 Å². The van der Waals surface area contributed by atoms with Gasteiger partial charge in [0.05, 0.1) is 17.3 Å². The van der Waals surface area contributed by atoms with Crippen LogP contribution in [0.25, 0.3) is 10.2 Å². The van der Waals surface area contributed by atoms with Crippen LogP contribution in [0.3, 0.4) is 0 Å². The van der Waals surface area contributed by atoms with Crippen LogP contribution in [-0.4, -0.2) is 23.9 Å². The summed E-state index contributed by atoms with van der Waals surface area (Å²) in [5.41, 5.74) is 1.84. The van der Waals surface area contributed by atoms with Gasteiger partial charge in [0.15, 0.2) is 5.13 Å². The van der Waals surface area contributed by atoms with E-state index in [1.807, 2.05) is 18.2 Å². The van der Waals surface area contributed by atoms with Gasteiger partial charge in [0.25, 0.3) is 5.91 Å². The molecule has 0 saturated heterocycles. The molecular formula is C18H17N3O3S. The lowest BCUT2D eigenvalue weighted by molar-refractivity contribution is -0.115. The van der Waals surface area contributed by atoms with Crippen molar-refractivity contribution < 1.29 is 14.3 Å². The lowest BCUT2D eigenvalue weighted by Gasteiger charge is -2.06. The molecule has 6 nitrogen and oxygen atoms in total. The molecule has 0 aliphatic rings. The molecule has 1 aromatic heterocycles. The molecule has 0 bridgehead atoms. The molecule has 128 valence electrons. The fourth-order valence-corrected chi connectivity index (χ4v) is 3.13. The van der Waals surface area contributed by atoms with Crippen LogP contribution in [-0.2, 0) is 4.79 Å². The summed E-state index contributed by atoms with van der Waals surface area (Å²) in [6.45, 7) is 1.77. The maximum atomic E-state index is 12.4. The van der Waals surface area contributed by atoms with Gasteiger partial charge in [0.1, 0.15) is 5.75 Å². The Morgan fingerprint density at radius 2 is 2.00 bits per heavy atom. The molecule has 7 heteroatoms. The number of hydrogen-bond acceptors (Lipinski definition) is 5. The topological polar surface area (TPSA) is 80.3 Å². The van der Waals surface area contributed by atoms with Gasteiger partial charge >= 0.3 is 0 Å². The first-order valence-corrected chi connectivity index (χ1v) is 8.56. The van der Waals surface area contributed by atoms with Crippen molar-refractivity contribution in [3.05, 3.63) is 48.0 Å². The standard InChI is InChI=1S/C18H17N3O3S/c1-3-16(22)19-12-6-4-5-11(9-12)17(23)21-18-20-14-8-7-13(24-2)10-15(14)25-18/h4-10H,3H2,1-2H3,(H,19,22)(H,20,21,23). The molecular weight excluding hydrogens is 338 g/mol. The lowest BCUT2D eigenvalue weighted by atomic mass is 10.2. The third kappa shape index (κ3) is 3.95. The Bertz CT molecular complexity index is 936. The average molecular weight is 355 g/mol. The minimum absolute atomic E-state index is 0.0994. The molecule has 0 fully saturated rings. The maximum Gasteiger partial charge on any atom is 0.257 e. The first kappa shape index (κ1) is 16.9. The highest BCUT2D eigenvalue weighted by molar-refractivity contribution is 7.22. The van der Waals surface area contributed by atoms with Crippen LogP contribution in [0, 0.1) is 0 Å². The van der Waals surface area contributed by atoms with Gasteiger partial charge in [-0.15, -0.1) is 0 Å². The van der Waals surface area contributed by atoms with Crippen molar-refractivity contribution in [2.24, 2.45) is 0 Å². The molecule has 2 aromatic carbocycles. The number of ether oxygens (including phenoxy) is 1. The summed E-state index contributed by atoms with van der Waals surface area (Å²) in [7, 11) is 1.61. The van der Waals surface area contributed by atoms with E-state index in [2.05, 4.69) is 15.6 Å². The van der Waals surface area contributed by atoms with Gasteiger partial charge in [-0.1, -0.05) is 24.3 Å². The summed E-state index contributed by atoms with van der Waals surface area (Å²) >= 11 is 1.38. The summed E-state index contributed by atoms with van der Waals surface area (Å²) < 4.78 is 6.12. The number of carbonyl (C=O) groups is 2. The first-order chi connectivity index (χ1) is 12.1. The summed E-state index contributed by atoms with van der Waals surface area (Å²) in [6, 6.07) is 12.3. The molecule has 0 radical (unpaired) electrons. The van der Waals surface area contributed by atoms with E-state index in [4.69, 9.17) is 4.74 Å². The Hall–Kier alpha value is -2.93. The minimum atomic E-state index is -0.279. The Balaban J connectivity index is 1.78. The van der Waals surface area contributed by atoms with Gasteiger partial charge in [-0.2, -0.15) is 0 Å². The van der Waals surface area contributed by atoms with Crippen LogP contribution < -0.4 is 15.4 Å². The fourth-order valence-electron chi connectivity index (χ4n) is 2.24. The number of anilines is 2. The molecule has 25 heavy (non-hydrogen) atoms. The number of nitrogens with one attached hydrogen (secondary N) is 2. The monoisotopic (exact) mass is 355 g/mol. The van der Waals surface area contributed by atoms with Crippen LogP contribution in [0.2, 0.25) is 0 Å². The third-order valence-electron chi connectivity index (χ3n) is 3.55. The van der Waals surface area contributed by atoms with Gasteiger partial charge < -0.3 is 10.1 Å². The van der Waals surface area contributed by atoms with Crippen LogP contribution in [0.5, 0.6) is 5.75 Å². The van der Waals surface area contributed by atoms with Crippen molar-refractivity contribution in [3.63, 3.8) is 0 Å². The number of hydrogen-bond donors (Lipinski definition) is 2. The minimum Gasteiger partial charge on any atom is -0.497 e. The second kappa shape index (κ2) is 7.31. The number of methoxy groups -OCH3 is 1. The quantitative estimate of drug-likeness (QED) is 0.727. The zero-order valence-corrected chi connectivity index (χ0v) is 14.6. The van der Waals surface area contributed by atoms with Crippen LogP contribution in [0.4, 0.5) is 10.8 Å².